The molecule has 0 radical (unpaired) electrons. The van der Waals surface area contributed by atoms with Crippen molar-refractivity contribution in [3.8, 4) is 0 Å². The second kappa shape index (κ2) is 6.41. The number of halogens is 1. The summed E-state index contributed by atoms with van der Waals surface area (Å²) in [6.45, 7) is 0. The smallest absolute Gasteiger partial charge is 0.268 e. The fourth-order valence-corrected chi connectivity index (χ4v) is 4.05. The highest BCUT2D eigenvalue weighted by Crippen LogP contribution is 2.44. The van der Waals surface area contributed by atoms with Crippen LogP contribution in [0.2, 0.25) is 0 Å². The Morgan fingerprint density at radius 3 is 2.79 bits per heavy atom. The molecule has 0 aliphatic heterocycles. The van der Waals surface area contributed by atoms with E-state index in [9.17, 15) is 9.18 Å². The zero-order valence-corrected chi connectivity index (χ0v) is 14.3. The number of hydrogen-bond donors (Lipinski definition) is 1. The van der Waals surface area contributed by atoms with Crippen molar-refractivity contribution in [1.29, 1.82) is 0 Å². The van der Waals surface area contributed by atoms with E-state index in [1.54, 1.807) is 23.8 Å². The largest absolute Gasteiger partial charge is 0.311 e. The highest BCUT2D eigenvalue weighted by atomic mass is 32.1. The third kappa shape index (κ3) is 3.37. The van der Waals surface area contributed by atoms with Crippen molar-refractivity contribution in [3.63, 3.8) is 0 Å². The summed E-state index contributed by atoms with van der Waals surface area (Å²) in [5.41, 5.74) is 3.75. The second-order valence-electron chi connectivity index (χ2n) is 5.72. The maximum absolute atomic E-state index is 12.9. The quantitative estimate of drug-likeness (QED) is 0.732. The molecule has 1 aliphatic rings. The van der Waals surface area contributed by atoms with Gasteiger partial charge in [0.2, 0.25) is 0 Å². The summed E-state index contributed by atoms with van der Waals surface area (Å²) in [6, 6.07) is 6.32. The maximum Gasteiger partial charge on any atom is 0.268 e. The number of hydrogen-bond acceptors (Lipinski definition) is 5. The number of nitrogens with zero attached hydrogens (tertiary/aromatic N) is 2. The molecular weight excluding hydrogens is 345 g/mol. The molecule has 0 saturated heterocycles. The molecule has 1 aliphatic carbocycles. The van der Waals surface area contributed by atoms with Gasteiger partial charge < -0.3 is 5.32 Å². The van der Waals surface area contributed by atoms with Gasteiger partial charge in [-0.15, -0.1) is 22.7 Å². The van der Waals surface area contributed by atoms with Gasteiger partial charge in [0.05, 0.1) is 22.4 Å². The maximum atomic E-state index is 12.9. The summed E-state index contributed by atoms with van der Waals surface area (Å²) in [5.74, 6) is 0.0973. The minimum atomic E-state index is -0.256. The first kappa shape index (κ1) is 15.4. The van der Waals surface area contributed by atoms with E-state index in [-0.39, 0.29) is 11.7 Å². The molecule has 3 aromatic rings. The number of aromatic nitrogens is 2. The number of carbonyl (C=O) groups is 1. The molecule has 24 heavy (non-hydrogen) atoms. The first-order valence-corrected chi connectivity index (χ1v) is 9.32. The lowest BCUT2D eigenvalue weighted by Crippen LogP contribution is -2.10. The normalized spacial score (nSPS) is 13.9. The average molecular weight is 359 g/mol. The zero-order chi connectivity index (χ0) is 16.5. The third-order valence-electron chi connectivity index (χ3n) is 3.83. The Morgan fingerprint density at radius 2 is 2.04 bits per heavy atom. The summed E-state index contributed by atoms with van der Waals surface area (Å²) in [7, 11) is 0. The molecule has 1 fully saturated rings. The van der Waals surface area contributed by atoms with E-state index in [4.69, 9.17) is 0 Å². The predicted molar refractivity (Wildman–Crippen MR) is 93.4 cm³/mol. The van der Waals surface area contributed by atoms with Crippen LogP contribution < -0.4 is 5.32 Å². The molecule has 1 saturated carbocycles. The molecule has 2 aromatic heterocycles. The lowest BCUT2D eigenvalue weighted by Gasteiger charge is -2.02. The SMILES string of the molecule is O=C(Nc1scnc1C1CC1)c1cnc(Cc2ccc(F)cc2)s1. The summed E-state index contributed by atoms with van der Waals surface area (Å²) in [6.07, 6.45) is 4.48. The van der Waals surface area contributed by atoms with Crippen LogP contribution in [0.4, 0.5) is 9.39 Å². The van der Waals surface area contributed by atoms with Crippen molar-refractivity contribution in [1.82, 2.24) is 9.97 Å². The van der Waals surface area contributed by atoms with E-state index >= 15 is 0 Å². The lowest BCUT2D eigenvalue weighted by atomic mass is 10.2. The highest BCUT2D eigenvalue weighted by Gasteiger charge is 2.29. The van der Waals surface area contributed by atoms with E-state index in [2.05, 4.69) is 15.3 Å². The van der Waals surface area contributed by atoms with Gasteiger partial charge in [0.15, 0.2) is 0 Å². The number of nitrogens with one attached hydrogen (secondary N) is 1. The first-order chi connectivity index (χ1) is 11.7. The summed E-state index contributed by atoms with van der Waals surface area (Å²) >= 11 is 2.82. The van der Waals surface area contributed by atoms with Gasteiger partial charge in [-0.25, -0.2) is 14.4 Å². The fourth-order valence-electron chi connectivity index (χ4n) is 2.43. The van der Waals surface area contributed by atoms with Crippen molar-refractivity contribution >= 4 is 33.6 Å². The van der Waals surface area contributed by atoms with Crippen LogP contribution in [-0.4, -0.2) is 15.9 Å². The molecular formula is C17H14FN3OS2. The van der Waals surface area contributed by atoms with Crippen LogP contribution in [0.25, 0.3) is 0 Å². The van der Waals surface area contributed by atoms with Gasteiger partial charge in [-0.05, 0) is 30.5 Å². The third-order valence-corrected chi connectivity index (χ3v) is 5.59. The number of carbonyl (C=O) groups excluding carboxylic acids is 1. The molecule has 0 unspecified atom stereocenters. The highest BCUT2D eigenvalue weighted by molar-refractivity contribution is 7.15. The zero-order valence-electron chi connectivity index (χ0n) is 12.7. The Hall–Kier alpha value is -2.12. The number of anilines is 1. The van der Waals surface area contributed by atoms with Gasteiger partial charge >= 0.3 is 0 Å². The minimum Gasteiger partial charge on any atom is -0.311 e. The lowest BCUT2D eigenvalue weighted by molar-refractivity contribution is 0.103. The van der Waals surface area contributed by atoms with E-state index in [0.29, 0.717) is 17.2 Å². The molecule has 1 aromatic carbocycles. The molecule has 122 valence electrons. The second-order valence-corrected chi connectivity index (χ2v) is 7.69. The molecule has 4 nitrogen and oxygen atoms in total. The topological polar surface area (TPSA) is 54.9 Å². The van der Waals surface area contributed by atoms with E-state index < -0.39 is 0 Å². The van der Waals surface area contributed by atoms with Crippen LogP contribution in [0.3, 0.4) is 0 Å². The van der Waals surface area contributed by atoms with Crippen LogP contribution in [0, 0.1) is 5.82 Å². The first-order valence-electron chi connectivity index (χ1n) is 7.63. The average Bonchev–Trinajstić information content (AvgIpc) is 3.13. The fraction of sp³-hybridized carbons (Fsp3) is 0.235. The molecule has 7 heteroatoms. The predicted octanol–water partition coefficient (Wildman–Crippen LogP) is 4.46. The van der Waals surface area contributed by atoms with Crippen LogP contribution in [0.15, 0.2) is 36.0 Å². The van der Waals surface area contributed by atoms with Crippen LogP contribution >= 0.6 is 22.7 Å². The number of benzene rings is 1. The summed E-state index contributed by atoms with van der Waals surface area (Å²) in [5, 5.41) is 4.63. The summed E-state index contributed by atoms with van der Waals surface area (Å²) < 4.78 is 12.9. The van der Waals surface area contributed by atoms with Gasteiger partial charge in [-0.2, -0.15) is 0 Å². The molecule has 1 amide bonds. The van der Waals surface area contributed by atoms with Crippen molar-refractivity contribution in [2.24, 2.45) is 0 Å². The van der Waals surface area contributed by atoms with Crippen molar-refractivity contribution in [3.05, 3.63) is 62.9 Å². The molecule has 0 spiro atoms. The molecule has 1 N–H and O–H groups in total. The van der Waals surface area contributed by atoms with Gasteiger partial charge in [0.25, 0.3) is 5.91 Å². The Balaban J connectivity index is 1.44. The molecule has 0 atom stereocenters. The molecule has 2 heterocycles. The van der Waals surface area contributed by atoms with Crippen molar-refractivity contribution < 1.29 is 9.18 Å². The Morgan fingerprint density at radius 1 is 1.25 bits per heavy atom. The van der Waals surface area contributed by atoms with Crippen LogP contribution in [0.5, 0.6) is 0 Å². The Kier molecular flexibility index (Phi) is 4.12. The van der Waals surface area contributed by atoms with Gasteiger partial charge in [0.1, 0.15) is 15.7 Å². The Labute approximate surface area is 146 Å². The standard InChI is InChI=1S/C17H14FN3OS2/c18-12-5-1-10(2-6-12)7-14-19-8-13(24-14)16(22)21-17-15(11-3-4-11)20-9-23-17/h1-2,5-6,8-9,11H,3-4,7H2,(H,21,22). The number of rotatable bonds is 5. The van der Waals surface area contributed by atoms with Gasteiger partial charge in [-0.3, -0.25) is 4.79 Å². The Bertz CT molecular complexity index is 868. The van der Waals surface area contributed by atoms with Gasteiger partial charge in [0, 0.05) is 12.3 Å². The van der Waals surface area contributed by atoms with E-state index in [0.717, 1.165) is 34.1 Å². The van der Waals surface area contributed by atoms with Crippen molar-refractivity contribution in [2.45, 2.75) is 25.2 Å². The van der Waals surface area contributed by atoms with Gasteiger partial charge in [-0.1, -0.05) is 12.1 Å². The molecule has 0 bridgehead atoms. The number of thiazole rings is 2. The summed E-state index contributed by atoms with van der Waals surface area (Å²) in [4.78, 5) is 21.6. The monoisotopic (exact) mass is 359 g/mol. The minimum absolute atomic E-state index is 0.149. The van der Waals surface area contributed by atoms with Crippen LogP contribution in [0.1, 0.15) is 44.7 Å². The molecule has 4 rings (SSSR count). The van der Waals surface area contributed by atoms with E-state index in [1.807, 2.05) is 0 Å². The van der Waals surface area contributed by atoms with Crippen molar-refractivity contribution in [2.75, 3.05) is 5.32 Å². The van der Waals surface area contributed by atoms with E-state index in [1.165, 1.54) is 34.8 Å². The van der Waals surface area contributed by atoms with Crippen LogP contribution in [-0.2, 0) is 6.42 Å². The number of amides is 1.